The minimum atomic E-state index is 0.651. The largest absolute Gasteiger partial charge is 0.381 e. The number of hydrogen-bond acceptors (Lipinski definition) is 2. The molecular weight excluding hydrogens is 186 g/mol. The Labute approximate surface area is 95.8 Å². The zero-order chi connectivity index (χ0) is 11.7. The molecule has 0 amide bonds. The molecule has 0 aromatic rings. The summed E-state index contributed by atoms with van der Waals surface area (Å²) in [7, 11) is 0. The predicted molar refractivity (Wildman–Crippen MR) is 67.2 cm³/mol. The van der Waals surface area contributed by atoms with Crippen LogP contribution in [0.1, 0.15) is 47.5 Å². The Morgan fingerprint density at radius 3 is 2.27 bits per heavy atom. The third-order valence-corrected chi connectivity index (χ3v) is 2.53. The molecule has 0 saturated heterocycles. The lowest BCUT2D eigenvalue weighted by Crippen LogP contribution is -2.33. The highest BCUT2D eigenvalue weighted by molar-refractivity contribution is 4.69. The molecule has 0 saturated carbocycles. The van der Waals surface area contributed by atoms with Crippen LogP contribution >= 0.6 is 0 Å². The molecule has 0 spiro atoms. The maximum Gasteiger partial charge on any atom is 0.0488 e. The zero-order valence-electron chi connectivity index (χ0n) is 11.2. The maximum atomic E-state index is 5.58. The summed E-state index contributed by atoms with van der Waals surface area (Å²) in [6.45, 7) is 14.0. The van der Waals surface area contributed by atoms with Crippen LogP contribution in [0.5, 0.6) is 0 Å². The minimum absolute atomic E-state index is 0.651. The van der Waals surface area contributed by atoms with Crippen molar-refractivity contribution in [3.05, 3.63) is 0 Å². The molecule has 0 fully saturated rings. The summed E-state index contributed by atoms with van der Waals surface area (Å²) in [6.07, 6.45) is 2.40. The lowest BCUT2D eigenvalue weighted by atomic mass is 9.99. The van der Waals surface area contributed by atoms with Gasteiger partial charge in [0.05, 0.1) is 0 Å². The van der Waals surface area contributed by atoms with E-state index in [1.165, 1.54) is 12.8 Å². The van der Waals surface area contributed by atoms with E-state index in [1.54, 1.807) is 0 Å². The fourth-order valence-corrected chi connectivity index (χ4v) is 1.66. The summed E-state index contributed by atoms with van der Waals surface area (Å²) in [5.74, 6) is 1.37. The molecule has 2 heteroatoms. The van der Waals surface area contributed by atoms with E-state index in [-0.39, 0.29) is 0 Å². The van der Waals surface area contributed by atoms with Crippen LogP contribution in [0.3, 0.4) is 0 Å². The van der Waals surface area contributed by atoms with Crippen molar-refractivity contribution in [1.29, 1.82) is 0 Å². The van der Waals surface area contributed by atoms with Gasteiger partial charge in [0.2, 0.25) is 0 Å². The summed E-state index contributed by atoms with van der Waals surface area (Å²) in [4.78, 5) is 0. The molecule has 15 heavy (non-hydrogen) atoms. The van der Waals surface area contributed by atoms with E-state index in [2.05, 4.69) is 39.9 Å². The van der Waals surface area contributed by atoms with Crippen LogP contribution < -0.4 is 5.32 Å². The Kier molecular flexibility index (Phi) is 9.12. The second kappa shape index (κ2) is 9.17. The quantitative estimate of drug-likeness (QED) is 0.597. The predicted octanol–water partition coefficient (Wildman–Crippen LogP) is 3.07. The SMILES string of the molecule is CCNC(CCCOCC(C)C)C(C)C. The molecule has 0 heterocycles. The minimum Gasteiger partial charge on any atom is -0.381 e. The van der Waals surface area contributed by atoms with Crippen molar-refractivity contribution in [2.45, 2.75) is 53.5 Å². The fourth-order valence-electron chi connectivity index (χ4n) is 1.66. The van der Waals surface area contributed by atoms with Crippen molar-refractivity contribution in [2.24, 2.45) is 11.8 Å². The molecule has 0 aliphatic carbocycles. The summed E-state index contributed by atoms with van der Waals surface area (Å²) in [6, 6.07) is 0.651. The molecule has 0 aliphatic rings. The summed E-state index contributed by atoms with van der Waals surface area (Å²) in [5, 5.41) is 3.53. The van der Waals surface area contributed by atoms with E-state index in [1.807, 2.05) is 0 Å². The zero-order valence-corrected chi connectivity index (χ0v) is 11.2. The van der Waals surface area contributed by atoms with Gasteiger partial charge in [0.15, 0.2) is 0 Å². The first kappa shape index (κ1) is 14.9. The normalized spacial score (nSPS) is 13.8. The monoisotopic (exact) mass is 215 g/mol. The van der Waals surface area contributed by atoms with Crippen LogP contribution in [0.4, 0.5) is 0 Å². The van der Waals surface area contributed by atoms with Crippen molar-refractivity contribution in [3.8, 4) is 0 Å². The molecule has 92 valence electrons. The molecule has 0 aromatic heterocycles. The van der Waals surface area contributed by atoms with Gasteiger partial charge in [-0.05, 0) is 31.2 Å². The van der Waals surface area contributed by atoms with Crippen LogP contribution in [-0.4, -0.2) is 25.8 Å². The van der Waals surface area contributed by atoms with Gasteiger partial charge in [0, 0.05) is 19.3 Å². The van der Waals surface area contributed by atoms with Crippen molar-refractivity contribution < 1.29 is 4.74 Å². The highest BCUT2D eigenvalue weighted by Gasteiger charge is 2.10. The molecule has 0 rings (SSSR count). The first-order valence-electron chi connectivity index (χ1n) is 6.39. The van der Waals surface area contributed by atoms with Gasteiger partial charge < -0.3 is 10.1 Å². The van der Waals surface area contributed by atoms with E-state index in [4.69, 9.17) is 4.74 Å². The van der Waals surface area contributed by atoms with Gasteiger partial charge in [0.1, 0.15) is 0 Å². The Hall–Kier alpha value is -0.0800. The molecule has 0 bridgehead atoms. The molecule has 1 unspecified atom stereocenters. The Bertz CT molecular complexity index is 134. The molecule has 1 atom stereocenters. The maximum absolute atomic E-state index is 5.58. The number of rotatable bonds is 9. The summed E-state index contributed by atoms with van der Waals surface area (Å²) >= 11 is 0. The molecule has 1 N–H and O–H groups in total. The van der Waals surface area contributed by atoms with E-state index in [0.29, 0.717) is 12.0 Å². The third-order valence-electron chi connectivity index (χ3n) is 2.53. The lowest BCUT2D eigenvalue weighted by molar-refractivity contribution is 0.104. The Balaban J connectivity index is 3.45. The van der Waals surface area contributed by atoms with Crippen molar-refractivity contribution in [2.75, 3.05) is 19.8 Å². The first-order chi connectivity index (χ1) is 7.07. The topological polar surface area (TPSA) is 21.3 Å². The van der Waals surface area contributed by atoms with E-state index >= 15 is 0 Å². The number of hydrogen-bond donors (Lipinski definition) is 1. The summed E-state index contributed by atoms with van der Waals surface area (Å²) < 4.78 is 5.58. The molecular formula is C13H29NO. The number of ether oxygens (including phenoxy) is 1. The molecule has 0 radical (unpaired) electrons. The second-order valence-corrected chi connectivity index (χ2v) is 5.02. The van der Waals surface area contributed by atoms with E-state index < -0.39 is 0 Å². The van der Waals surface area contributed by atoms with Crippen LogP contribution in [0.2, 0.25) is 0 Å². The average molecular weight is 215 g/mol. The highest BCUT2D eigenvalue weighted by Crippen LogP contribution is 2.08. The second-order valence-electron chi connectivity index (χ2n) is 5.02. The van der Waals surface area contributed by atoms with Crippen LogP contribution in [-0.2, 0) is 4.74 Å². The van der Waals surface area contributed by atoms with Crippen molar-refractivity contribution >= 4 is 0 Å². The number of nitrogens with one attached hydrogen (secondary N) is 1. The van der Waals surface area contributed by atoms with Gasteiger partial charge in [-0.1, -0.05) is 34.6 Å². The Morgan fingerprint density at radius 2 is 1.80 bits per heavy atom. The molecule has 0 aromatic carbocycles. The van der Waals surface area contributed by atoms with Crippen LogP contribution in [0.25, 0.3) is 0 Å². The lowest BCUT2D eigenvalue weighted by Gasteiger charge is -2.21. The highest BCUT2D eigenvalue weighted by atomic mass is 16.5. The standard InChI is InChI=1S/C13H29NO/c1-6-14-13(12(4)5)8-7-9-15-10-11(2)3/h11-14H,6-10H2,1-5H3. The van der Waals surface area contributed by atoms with Gasteiger partial charge in [-0.25, -0.2) is 0 Å². The first-order valence-corrected chi connectivity index (χ1v) is 6.39. The van der Waals surface area contributed by atoms with Crippen molar-refractivity contribution in [3.63, 3.8) is 0 Å². The third kappa shape index (κ3) is 8.88. The van der Waals surface area contributed by atoms with Gasteiger partial charge in [-0.3, -0.25) is 0 Å². The Morgan fingerprint density at radius 1 is 1.13 bits per heavy atom. The van der Waals surface area contributed by atoms with Crippen LogP contribution in [0, 0.1) is 11.8 Å². The van der Waals surface area contributed by atoms with Gasteiger partial charge in [-0.2, -0.15) is 0 Å². The average Bonchev–Trinajstić information content (AvgIpc) is 2.15. The summed E-state index contributed by atoms with van der Waals surface area (Å²) in [5.41, 5.74) is 0. The fraction of sp³-hybridized carbons (Fsp3) is 1.00. The van der Waals surface area contributed by atoms with Gasteiger partial charge in [-0.15, -0.1) is 0 Å². The van der Waals surface area contributed by atoms with E-state index in [9.17, 15) is 0 Å². The van der Waals surface area contributed by atoms with Gasteiger partial charge in [0.25, 0.3) is 0 Å². The van der Waals surface area contributed by atoms with Gasteiger partial charge >= 0.3 is 0 Å². The van der Waals surface area contributed by atoms with Crippen LogP contribution in [0.15, 0.2) is 0 Å². The smallest absolute Gasteiger partial charge is 0.0488 e. The van der Waals surface area contributed by atoms with Crippen molar-refractivity contribution in [1.82, 2.24) is 5.32 Å². The molecule has 2 nitrogen and oxygen atoms in total. The van der Waals surface area contributed by atoms with E-state index in [0.717, 1.165) is 25.7 Å². The molecule has 0 aliphatic heterocycles.